The Morgan fingerprint density at radius 1 is 1.38 bits per heavy atom. The van der Waals surface area contributed by atoms with Gasteiger partial charge < -0.3 is 0 Å². The Labute approximate surface area is 103 Å². The molecule has 6 heteroatoms. The highest BCUT2D eigenvalue weighted by Crippen LogP contribution is 2.52. The zero-order valence-electron chi connectivity index (χ0n) is 8.56. The van der Waals surface area contributed by atoms with E-state index in [1.807, 2.05) is 6.07 Å². The second kappa shape index (κ2) is 3.20. The first kappa shape index (κ1) is 10.5. The maximum Gasteiger partial charge on any atom is 0.236 e. The topological polar surface area (TPSA) is 50.3 Å². The van der Waals surface area contributed by atoms with Crippen molar-refractivity contribution in [2.75, 3.05) is 16.6 Å². The van der Waals surface area contributed by atoms with Gasteiger partial charge in [-0.2, -0.15) is 0 Å². The summed E-state index contributed by atoms with van der Waals surface area (Å²) in [5.41, 5.74) is 0.0353. The van der Waals surface area contributed by atoms with Crippen molar-refractivity contribution in [1.29, 1.82) is 0 Å². The molecule has 16 heavy (non-hydrogen) atoms. The molecule has 1 spiro atoms. The molecule has 2 aliphatic rings. The Kier molecular flexibility index (Phi) is 2.10. The van der Waals surface area contributed by atoms with Crippen molar-refractivity contribution in [2.45, 2.75) is 12.8 Å². The molecule has 2 fully saturated rings. The number of anilines is 1. The monoisotopic (exact) mass is 302 g/mol. The van der Waals surface area contributed by atoms with Gasteiger partial charge >= 0.3 is 0 Å². The Morgan fingerprint density at radius 2 is 2.12 bits per heavy atom. The molecule has 1 aliphatic heterocycles. The van der Waals surface area contributed by atoms with Gasteiger partial charge in [-0.3, -0.25) is 4.31 Å². The molecule has 1 aromatic rings. The molecule has 0 radical (unpaired) electrons. The molecule has 0 N–H and O–H groups in total. The summed E-state index contributed by atoms with van der Waals surface area (Å²) in [6, 6.07) is 3.55. The fourth-order valence-electron chi connectivity index (χ4n) is 2.13. The number of halogens is 1. The second-order valence-corrected chi connectivity index (χ2v) is 7.41. The van der Waals surface area contributed by atoms with Crippen molar-refractivity contribution >= 4 is 31.8 Å². The molecule has 0 bridgehead atoms. The van der Waals surface area contributed by atoms with E-state index in [0.29, 0.717) is 12.4 Å². The predicted molar refractivity (Wildman–Crippen MR) is 64.7 cm³/mol. The summed E-state index contributed by atoms with van der Waals surface area (Å²) >= 11 is 3.29. The van der Waals surface area contributed by atoms with Crippen LogP contribution < -0.4 is 4.31 Å². The number of hydrogen-bond acceptors (Lipinski definition) is 3. The lowest BCUT2D eigenvalue weighted by molar-refractivity contribution is 0.593. The first-order valence-corrected chi connectivity index (χ1v) is 7.53. The van der Waals surface area contributed by atoms with Gasteiger partial charge in [-0.25, -0.2) is 13.4 Å². The predicted octanol–water partition coefficient (Wildman–Crippen LogP) is 1.77. The van der Waals surface area contributed by atoms with Crippen LogP contribution in [-0.4, -0.2) is 25.7 Å². The summed E-state index contributed by atoms with van der Waals surface area (Å²) in [5, 5.41) is 0. The summed E-state index contributed by atoms with van der Waals surface area (Å²) in [5.74, 6) is 0.824. The SMILES string of the molecule is O=S1(=O)CC2(CC2)CN1c1ccc(Br)cn1. The highest BCUT2D eigenvalue weighted by Gasteiger charge is 2.55. The minimum Gasteiger partial charge on any atom is -0.253 e. The molecular weight excluding hydrogens is 292 g/mol. The zero-order valence-corrected chi connectivity index (χ0v) is 11.0. The van der Waals surface area contributed by atoms with Crippen molar-refractivity contribution < 1.29 is 8.42 Å². The van der Waals surface area contributed by atoms with Gasteiger partial charge in [0.15, 0.2) is 0 Å². The summed E-state index contributed by atoms with van der Waals surface area (Å²) in [4.78, 5) is 4.15. The molecule has 1 saturated heterocycles. The largest absolute Gasteiger partial charge is 0.253 e. The molecule has 0 aromatic carbocycles. The smallest absolute Gasteiger partial charge is 0.236 e. The third kappa shape index (κ3) is 1.64. The standard InChI is InChI=1S/C10H11BrN2O2S/c11-8-1-2-9(12-5-8)13-6-10(3-4-10)7-16(13,14)15/h1-2,5H,3-4,6-7H2. The lowest BCUT2D eigenvalue weighted by atomic mass is 10.1. The van der Waals surface area contributed by atoms with Crippen LogP contribution in [0.25, 0.3) is 0 Å². The van der Waals surface area contributed by atoms with Crippen molar-refractivity contribution in [3.05, 3.63) is 22.8 Å². The van der Waals surface area contributed by atoms with Crippen LogP contribution in [0, 0.1) is 5.41 Å². The van der Waals surface area contributed by atoms with Crippen molar-refractivity contribution in [1.82, 2.24) is 4.98 Å². The molecule has 0 unspecified atom stereocenters. The maximum atomic E-state index is 12.0. The summed E-state index contributed by atoms with van der Waals surface area (Å²) < 4.78 is 26.3. The second-order valence-electron chi connectivity index (χ2n) is 4.60. The normalized spacial score (nSPS) is 24.9. The lowest BCUT2D eigenvalue weighted by Gasteiger charge is -2.15. The van der Waals surface area contributed by atoms with Gasteiger partial charge in [0.2, 0.25) is 10.0 Å². The zero-order chi connectivity index (χ0) is 11.4. The molecule has 4 nitrogen and oxygen atoms in total. The number of sulfonamides is 1. The number of hydrogen-bond donors (Lipinski definition) is 0. The van der Waals surface area contributed by atoms with Gasteiger partial charge in [0.25, 0.3) is 0 Å². The van der Waals surface area contributed by atoms with Gasteiger partial charge in [-0.05, 0) is 40.9 Å². The summed E-state index contributed by atoms with van der Waals surface area (Å²) in [6.45, 7) is 0.601. The summed E-state index contributed by atoms with van der Waals surface area (Å²) in [6.07, 6.45) is 3.68. The van der Waals surface area contributed by atoms with Crippen LogP contribution in [0.3, 0.4) is 0 Å². The van der Waals surface area contributed by atoms with Crippen LogP contribution in [0.1, 0.15) is 12.8 Å². The highest BCUT2D eigenvalue weighted by molar-refractivity contribution is 9.10. The molecule has 1 aromatic heterocycles. The van der Waals surface area contributed by atoms with Crippen molar-refractivity contribution in [2.24, 2.45) is 5.41 Å². The van der Waals surface area contributed by atoms with Crippen LogP contribution in [0.2, 0.25) is 0 Å². The van der Waals surface area contributed by atoms with E-state index in [4.69, 9.17) is 0 Å². The van der Waals surface area contributed by atoms with E-state index in [1.54, 1.807) is 12.3 Å². The Bertz CT molecular complexity index is 522. The molecule has 86 valence electrons. The van der Waals surface area contributed by atoms with Gasteiger partial charge in [0.05, 0.1) is 5.75 Å². The highest BCUT2D eigenvalue weighted by atomic mass is 79.9. The number of aromatic nitrogens is 1. The Hall–Kier alpha value is -0.620. The molecular formula is C10H11BrN2O2S. The first-order valence-electron chi connectivity index (χ1n) is 5.13. The lowest BCUT2D eigenvalue weighted by Crippen LogP contribution is -2.26. The fraction of sp³-hybridized carbons (Fsp3) is 0.500. The van der Waals surface area contributed by atoms with Crippen LogP contribution in [0.4, 0.5) is 5.82 Å². The van der Waals surface area contributed by atoms with E-state index in [1.165, 1.54) is 4.31 Å². The maximum absolute atomic E-state index is 12.0. The van der Waals surface area contributed by atoms with Gasteiger partial charge in [0, 0.05) is 22.6 Å². The van der Waals surface area contributed by atoms with Crippen LogP contribution >= 0.6 is 15.9 Å². The minimum absolute atomic E-state index is 0.0353. The van der Waals surface area contributed by atoms with E-state index in [2.05, 4.69) is 20.9 Å². The first-order chi connectivity index (χ1) is 7.51. The van der Waals surface area contributed by atoms with Gasteiger partial charge in [-0.1, -0.05) is 0 Å². The molecule has 0 atom stereocenters. The van der Waals surface area contributed by atoms with Crippen molar-refractivity contribution in [3.63, 3.8) is 0 Å². The van der Waals surface area contributed by atoms with Crippen LogP contribution in [0.5, 0.6) is 0 Å². The molecule has 1 saturated carbocycles. The minimum atomic E-state index is -3.14. The quantitative estimate of drug-likeness (QED) is 0.794. The average Bonchev–Trinajstić information content (AvgIpc) is 2.89. The van der Waals surface area contributed by atoms with E-state index >= 15 is 0 Å². The molecule has 0 amide bonds. The van der Waals surface area contributed by atoms with E-state index in [-0.39, 0.29) is 11.2 Å². The Balaban J connectivity index is 1.98. The average molecular weight is 303 g/mol. The van der Waals surface area contributed by atoms with E-state index in [0.717, 1.165) is 17.3 Å². The molecule has 1 aliphatic carbocycles. The third-order valence-electron chi connectivity index (χ3n) is 3.23. The summed E-state index contributed by atoms with van der Waals surface area (Å²) in [7, 11) is -3.14. The Morgan fingerprint density at radius 3 is 2.62 bits per heavy atom. The molecule has 2 heterocycles. The van der Waals surface area contributed by atoms with Crippen molar-refractivity contribution in [3.8, 4) is 0 Å². The third-order valence-corrected chi connectivity index (χ3v) is 5.66. The van der Waals surface area contributed by atoms with Crippen LogP contribution in [0.15, 0.2) is 22.8 Å². The van der Waals surface area contributed by atoms with Crippen LogP contribution in [-0.2, 0) is 10.0 Å². The number of nitrogens with zero attached hydrogens (tertiary/aromatic N) is 2. The van der Waals surface area contributed by atoms with E-state index in [9.17, 15) is 8.42 Å². The van der Waals surface area contributed by atoms with Gasteiger partial charge in [-0.15, -0.1) is 0 Å². The van der Waals surface area contributed by atoms with Gasteiger partial charge in [0.1, 0.15) is 5.82 Å². The van der Waals surface area contributed by atoms with E-state index < -0.39 is 10.0 Å². The number of rotatable bonds is 1. The molecule has 3 rings (SSSR count). The fourth-order valence-corrected chi connectivity index (χ4v) is 4.54. The number of pyridine rings is 1.